The van der Waals surface area contributed by atoms with Gasteiger partial charge in [-0.2, -0.15) is 5.06 Å². The Balaban J connectivity index is 1.93. The van der Waals surface area contributed by atoms with E-state index in [1.165, 1.54) is 0 Å². The Hall–Kier alpha value is -0.940. The number of aliphatic hydroxyl groups is 2. The third-order valence-electron chi connectivity index (χ3n) is 2.86. The largest absolute Gasteiger partial charge is 0.396 e. The topological polar surface area (TPSA) is 52.9 Å². The molecule has 0 saturated carbocycles. The minimum absolute atomic E-state index is 0.00807. The molecule has 1 saturated heterocycles. The quantitative estimate of drug-likeness (QED) is 0.776. The van der Waals surface area contributed by atoms with Crippen LogP contribution in [0.25, 0.3) is 0 Å². The van der Waals surface area contributed by atoms with Crippen molar-refractivity contribution in [3.8, 4) is 0 Å². The van der Waals surface area contributed by atoms with Gasteiger partial charge in [0.25, 0.3) is 0 Å². The standard InChI is InChI=1S/C12H17NO3/c14-8-11-7-13(16-12(11)9-15)6-10-4-2-1-3-5-10/h1-5,11-12,14-15H,6-9H2. The molecule has 1 aliphatic rings. The summed E-state index contributed by atoms with van der Waals surface area (Å²) in [6.45, 7) is 1.36. The molecule has 1 fully saturated rings. The molecule has 0 bridgehead atoms. The van der Waals surface area contributed by atoms with E-state index in [9.17, 15) is 0 Å². The van der Waals surface area contributed by atoms with Crippen LogP contribution in [-0.2, 0) is 11.4 Å². The highest BCUT2D eigenvalue weighted by Gasteiger charge is 2.32. The van der Waals surface area contributed by atoms with Crippen molar-refractivity contribution in [2.45, 2.75) is 12.6 Å². The summed E-state index contributed by atoms with van der Waals surface area (Å²) in [6, 6.07) is 10.0. The number of nitrogens with zero attached hydrogens (tertiary/aromatic N) is 1. The molecule has 4 nitrogen and oxygen atoms in total. The third kappa shape index (κ3) is 2.59. The minimum atomic E-state index is -0.270. The lowest BCUT2D eigenvalue weighted by atomic mass is 10.1. The van der Waals surface area contributed by atoms with Gasteiger partial charge in [0.05, 0.1) is 6.61 Å². The molecule has 2 unspecified atom stereocenters. The maximum absolute atomic E-state index is 9.13. The molecule has 2 atom stereocenters. The number of aliphatic hydroxyl groups excluding tert-OH is 2. The predicted octanol–water partition coefficient (Wildman–Crippen LogP) is 0.403. The summed E-state index contributed by atoms with van der Waals surface area (Å²) in [5.41, 5.74) is 1.16. The average molecular weight is 223 g/mol. The minimum Gasteiger partial charge on any atom is -0.396 e. The first kappa shape index (κ1) is 11.5. The van der Waals surface area contributed by atoms with Gasteiger partial charge < -0.3 is 10.2 Å². The maximum Gasteiger partial charge on any atom is 0.109 e. The smallest absolute Gasteiger partial charge is 0.109 e. The van der Waals surface area contributed by atoms with Gasteiger partial charge in [0.1, 0.15) is 6.10 Å². The van der Waals surface area contributed by atoms with Crippen molar-refractivity contribution in [2.75, 3.05) is 19.8 Å². The molecule has 1 aromatic rings. The monoisotopic (exact) mass is 223 g/mol. The summed E-state index contributed by atoms with van der Waals surface area (Å²) in [7, 11) is 0. The van der Waals surface area contributed by atoms with Crippen LogP contribution >= 0.6 is 0 Å². The highest BCUT2D eigenvalue weighted by atomic mass is 16.7. The van der Waals surface area contributed by atoms with Gasteiger partial charge in [-0.1, -0.05) is 30.3 Å². The Morgan fingerprint density at radius 1 is 1.19 bits per heavy atom. The van der Waals surface area contributed by atoms with Crippen molar-refractivity contribution >= 4 is 0 Å². The third-order valence-corrected chi connectivity index (χ3v) is 2.86. The predicted molar refractivity (Wildman–Crippen MR) is 59.4 cm³/mol. The first-order chi connectivity index (χ1) is 7.83. The lowest BCUT2D eigenvalue weighted by molar-refractivity contribution is -0.163. The average Bonchev–Trinajstić information content (AvgIpc) is 2.72. The Labute approximate surface area is 95.0 Å². The van der Waals surface area contributed by atoms with E-state index in [1.54, 1.807) is 5.06 Å². The van der Waals surface area contributed by atoms with E-state index in [1.807, 2.05) is 30.3 Å². The Morgan fingerprint density at radius 2 is 1.94 bits per heavy atom. The maximum atomic E-state index is 9.13. The van der Waals surface area contributed by atoms with Crippen molar-refractivity contribution in [3.05, 3.63) is 35.9 Å². The number of rotatable bonds is 4. The van der Waals surface area contributed by atoms with E-state index in [0.717, 1.165) is 5.56 Å². The zero-order chi connectivity index (χ0) is 11.4. The van der Waals surface area contributed by atoms with Crippen LogP contribution in [0.1, 0.15) is 5.56 Å². The normalized spacial score (nSPS) is 26.1. The van der Waals surface area contributed by atoms with Gasteiger partial charge in [-0.3, -0.25) is 4.84 Å². The van der Waals surface area contributed by atoms with E-state index >= 15 is 0 Å². The second-order valence-electron chi connectivity index (χ2n) is 4.08. The van der Waals surface area contributed by atoms with E-state index in [-0.39, 0.29) is 25.2 Å². The first-order valence-electron chi connectivity index (χ1n) is 5.51. The molecule has 1 heterocycles. The van der Waals surface area contributed by atoms with Crippen molar-refractivity contribution in [3.63, 3.8) is 0 Å². The molecule has 2 rings (SSSR count). The fraction of sp³-hybridized carbons (Fsp3) is 0.500. The van der Waals surface area contributed by atoms with Crippen LogP contribution in [0.5, 0.6) is 0 Å². The summed E-state index contributed by atoms with van der Waals surface area (Å²) in [4.78, 5) is 5.54. The first-order valence-corrected chi connectivity index (χ1v) is 5.51. The molecule has 1 aromatic carbocycles. The lowest BCUT2D eigenvalue weighted by Gasteiger charge is -2.15. The number of hydroxylamine groups is 2. The highest BCUT2D eigenvalue weighted by molar-refractivity contribution is 5.14. The van der Waals surface area contributed by atoms with E-state index in [0.29, 0.717) is 13.1 Å². The van der Waals surface area contributed by atoms with Gasteiger partial charge in [0.2, 0.25) is 0 Å². The lowest BCUT2D eigenvalue weighted by Crippen LogP contribution is -2.24. The molecule has 0 amide bonds. The van der Waals surface area contributed by atoms with Gasteiger partial charge in [0.15, 0.2) is 0 Å². The summed E-state index contributed by atoms with van der Waals surface area (Å²) in [6.07, 6.45) is -0.270. The molecule has 1 aliphatic heterocycles. The molecule has 16 heavy (non-hydrogen) atoms. The Kier molecular flexibility index (Phi) is 3.90. The summed E-state index contributed by atoms with van der Waals surface area (Å²) in [5.74, 6) is 0.00807. The number of hydrogen-bond donors (Lipinski definition) is 2. The number of benzene rings is 1. The zero-order valence-corrected chi connectivity index (χ0v) is 9.12. The SMILES string of the molecule is OCC1CN(Cc2ccccc2)OC1CO. The summed E-state index contributed by atoms with van der Waals surface area (Å²) >= 11 is 0. The molecular weight excluding hydrogens is 206 g/mol. The molecule has 0 aliphatic carbocycles. The van der Waals surface area contributed by atoms with E-state index in [2.05, 4.69) is 0 Å². The van der Waals surface area contributed by atoms with Crippen LogP contribution in [0, 0.1) is 5.92 Å². The second-order valence-corrected chi connectivity index (χ2v) is 4.08. The van der Waals surface area contributed by atoms with Crippen LogP contribution in [0.4, 0.5) is 0 Å². The summed E-state index contributed by atoms with van der Waals surface area (Å²) < 4.78 is 0. The van der Waals surface area contributed by atoms with Crippen molar-refractivity contribution in [1.29, 1.82) is 0 Å². The van der Waals surface area contributed by atoms with Crippen molar-refractivity contribution < 1.29 is 15.1 Å². The molecule has 4 heteroatoms. The Morgan fingerprint density at radius 3 is 2.50 bits per heavy atom. The van der Waals surface area contributed by atoms with Gasteiger partial charge in [-0.05, 0) is 5.56 Å². The van der Waals surface area contributed by atoms with Crippen molar-refractivity contribution in [1.82, 2.24) is 5.06 Å². The van der Waals surface area contributed by atoms with Gasteiger partial charge in [0, 0.05) is 25.6 Å². The fourth-order valence-corrected chi connectivity index (χ4v) is 1.95. The fourth-order valence-electron chi connectivity index (χ4n) is 1.95. The van der Waals surface area contributed by atoms with Gasteiger partial charge in [-0.25, -0.2) is 0 Å². The molecular formula is C12H17NO3. The number of hydrogen-bond acceptors (Lipinski definition) is 4. The van der Waals surface area contributed by atoms with Crippen LogP contribution in [-0.4, -0.2) is 41.1 Å². The van der Waals surface area contributed by atoms with Crippen LogP contribution in [0.2, 0.25) is 0 Å². The van der Waals surface area contributed by atoms with Gasteiger partial charge in [-0.15, -0.1) is 0 Å². The second kappa shape index (κ2) is 5.41. The molecule has 0 radical (unpaired) electrons. The highest BCUT2D eigenvalue weighted by Crippen LogP contribution is 2.21. The van der Waals surface area contributed by atoms with E-state index in [4.69, 9.17) is 15.1 Å². The molecule has 0 aromatic heterocycles. The van der Waals surface area contributed by atoms with Crippen LogP contribution in [0.3, 0.4) is 0 Å². The molecule has 0 spiro atoms. The Bertz CT molecular complexity index is 305. The van der Waals surface area contributed by atoms with Crippen molar-refractivity contribution in [2.24, 2.45) is 5.92 Å². The van der Waals surface area contributed by atoms with Crippen LogP contribution in [0.15, 0.2) is 30.3 Å². The molecule has 88 valence electrons. The van der Waals surface area contributed by atoms with Gasteiger partial charge >= 0.3 is 0 Å². The summed E-state index contributed by atoms with van der Waals surface area (Å²) in [5, 5.41) is 20.0. The zero-order valence-electron chi connectivity index (χ0n) is 9.12. The van der Waals surface area contributed by atoms with Crippen LogP contribution < -0.4 is 0 Å². The molecule has 2 N–H and O–H groups in total. The van der Waals surface area contributed by atoms with E-state index < -0.39 is 0 Å².